The van der Waals surface area contributed by atoms with E-state index >= 15 is 0 Å². The van der Waals surface area contributed by atoms with Gasteiger partial charge in [-0.3, -0.25) is 0 Å². The van der Waals surface area contributed by atoms with Gasteiger partial charge in [0, 0.05) is 26.2 Å². The van der Waals surface area contributed by atoms with E-state index in [4.69, 9.17) is 4.74 Å². The Balaban J connectivity index is 2.18. The zero-order valence-corrected chi connectivity index (χ0v) is 14.1. The van der Waals surface area contributed by atoms with Crippen molar-refractivity contribution in [3.05, 3.63) is 35.4 Å². The van der Waals surface area contributed by atoms with Crippen molar-refractivity contribution in [2.24, 2.45) is 5.92 Å². The minimum atomic E-state index is -0.716. The molecule has 0 spiro atoms. The third kappa shape index (κ3) is 4.31. The molecule has 2 N–H and O–H groups in total. The molecule has 0 amide bonds. The fraction of sp³-hybridized carbons (Fsp3) is 0.684. The molecule has 1 saturated heterocycles. The first-order chi connectivity index (χ1) is 10.7. The molecule has 0 radical (unpaired) electrons. The highest BCUT2D eigenvalue weighted by Crippen LogP contribution is 2.38. The third-order valence-electron chi connectivity index (χ3n) is 4.96. The summed E-state index contributed by atoms with van der Waals surface area (Å²) in [4.78, 5) is 0. The van der Waals surface area contributed by atoms with Crippen LogP contribution >= 0.6 is 0 Å². The van der Waals surface area contributed by atoms with E-state index in [9.17, 15) is 5.11 Å². The van der Waals surface area contributed by atoms with Gasteiger partial charge in [0.05, 0.1) is 5.60 Å². The second-order valence-electron chi connectivity index (χ2n) is 6.47. The van der Waals surface area contributed by atoms with Crippen LogP contribution < -0.4 is 5.32 Å². The number of aryl methyl sites for hydroxylation is 1. The summed E-state index contributed by atoms with van der Waals surface area (Å²) in [7, 11) is 1.74. The van der Waals surface area contributed by atoms with Crippen molar-refractivity contribution in [1.29, 1.82) is 0 Å². The molecule has 1 aromatic carbocycles. The fourth-order valence-electron chi connectivity index (χ4n) is 3.55. The quantitative estimate of drug-likeness (QED) is 0.724. The van der Waals surface area contributed by atoms with Crippen LogP contribution in [-0.2, 0) is 16.8 Å². The van der Waals surface area contributed by atoms with Crippen molar-refractivity contribution in [1.82, 2.24) is 5.32 Å². The Morgan fingerprint density at radius 2 is 2.23 bits per heavy atom. The fourth-order valence-corrected chi connectivity index (χ4v) is 3.55. The van der Waals surface area contributed by atoms with Crippen LogP contribution in [0, 0.1) is 5.92 Å². The third-order valence-corrected chi connectivity index (χ3v) is 4.96. The van der Waals surface area contributed by atoms with Gasteiger partial charge in [-0.1, -0.05) is 31.2 Å². The van der Waals surface area contributed by atoms with Gasteiger partial charge < -0.3 is 15.2 Å². The molecule has 0 bridgehead atoms. The molecule has 22 heavy (non-hydrogen) atoms. The van der Waals surface area contributed by atoms with E-state index < -0.39 is 5.60 Å². The largest absolute Gasteiger partial charge is 0.385 e. The summed E-state index contributed by atoms with van der Waals surface area (Å²) in [6.07, 6.45) is 6.08. The molecule has 1 aliphatic heterocycles. The van der Waals surface area contributed by atoms with Crippen molar-refractivity contribution in [2.75, 3.05) is 26.8 Å². The van der Waals surface area contributed by atoms with E-state index in [1.165, 1.54) is 5.56 Å². The van der Waals surface area contributed by atoms with Crippen molar-refractivity contribution in [3.8, 4) is 0 Å². The molecule has 1 aliphatic rings. The molecule has 124 valence electrons. The lowest BCUT2D eigenvalue weighted by molar-refractivity contribution is -0.0434. The summed E-state index contributed by atoms with van der Waals surface area (Å²) >= 11 is 0. The van der Waals surface area contributed by atoms with Gasteiger partial charge in [-0.05, 0) is 56.2 Å². The lowest BCUT2D eigenvalue weighted by Crippen LogP contribution is -2.44. The number of rotatable bonds is 8. The number of hydrogen-bond donors (Lipinski definition) is 2. The first kappa shape index (κ1) is 17.5. The van der Waals surface area contributed by atoms with Crippen molar-refractivity contribution in [3.63, 3.8) is 0 Å². The molecule has 2 atom stereocenters. The van der Waals surface area contributed by atoms with Crippen LogP contribution in [0.5, 0.6) is 0 Å². The second kappa shape index (κ2) is 8.66. The minimum absolute atomic E-state index is 0.302. The van der Waals surface area contributed by atoms with Crippen LogP contribution in [0.3, 0.4) is 0 Å². The van der Waals surface area contributed by atoms with Crippen molar-refractivity contribution in [2.45, 2.75) is 51.0 Å². The van der Waals surface area contributed by atoms with Gasteiger partial charge in [0.25, 0.3) is 0 Å². The average Bonchev–Trinajstić information content (AvgIpc) is 2.59. The summed E-state index contributed by atoms with van der Waals surface area (Å²) in [6.45, 7) is 4.93. The summed E-state index contributed by atoms with van der Waals surface area (Å²) in [6, 6.07) is 8.54. The summed E-state index contributed by atoms with van der Waals surface area (Å²) in [5, 5.41) is 15.0. The van der Waals surface area contributed by atoms with E-state index in [0.717, 1.165) is 63.8 Å². The maximum Gasteiger partial charge on any atom is 0.0936 e. The molecule has 3 nitrogen and oxygen atoms in total. The number of hydrogen-bond acceptors (Lipinski definition) is 3. The molecular formula is C19H31NO2. The maximum absolute atomic E-state index is 11.5. The summed E-state index contributed by atoms with van der Waals surface area (Å²) < 4.78 is 5.15. The van der Waals surface area contributed by atoms with Gasteiger partial charge in [-0.2, -0.15) is 0 Å². The Kier molecular flexibility index (Phi) is 6.87. The van der Waals surface area contributed by atoms with E-state index in [1.54, 1.807) is 7.11 Å². The monoisotopic (exact) mass is 305 g/mol. The molecule has 0 aliphatic carbocycles. The number of aliphatic hydroxyl groups is 1. The predicted molar refractivity (Wildman–Crippen MR) is 91.0 cm³/mol. The summed E-state index contributed by atoms with van der Waals surface area (Å²) in [5.41, 5.74) is 1.68. The van der Waals surface area contributed by atoms with Gasteiger partial charge in [0.2, 0.25) is 0 Å². The normalized spacial score (nSPS) is 21.5. The zero-order valence-electron chi connectivity index (χ0n) is 14.1. The predicted octanol–water partition coefficient (Wildman–Crippen LogP) is 3.25. The first-order valence-electron chi connectivity index (χ1n) is 8.72. The van der Waals surface area contributed by atoms with Gasteiger partial charge in [-0.15, -0.1) is 0 Å². The number of methoxy groups -OCH3 is 1. The molecular weight excluding hydrogens is 274 g/mol. The number of unbranched alkanes of at least 4 members (excludes halogenated alkanes) is 1. The van der Waals surface area contributed by atoms with Crippen LogP contribution in [-0.4, -0.2) is 31.9 Å². The van der Waals surface area contributed by atoms with Gasteiger partial charge in [0.15, 0.2) is 0 Å². The topological polar surface area (TPSA) is 41.5 Å². The number of nitrogens with one attached hydrogen (secondary N) is 1. The van der Waals surface area contributed by atoms with Crippen LogP contribution in [0.25, 0.3) is 0 Å². The van der Waals surface area contributed by atoms with E-state index in [-0.39, 0.29) is 0 Å². The average molecular weight is 305 g/mol. The molecule has 0 saturated carbocycles. The van der Waals surface area contributed by atoms with Crippen LogP contribution in [0.1, 0.15) is 50.2 Å². The van der Waals surface area contributed by atoms with Crippen LogP contribution in [0.2, 0.25) is 0 Å². The van der Waals surface area contributed by atoms with Crippen LogP contribution in [0.4, 0.5) is 0 Å². The molecule has 3 heteroatoms. The zero-order chi connectivity index (χ0) is 15.8. The lowest BCUT2D eigenvalue weighted by atomic mass is 9.74. The number of ether oxygens (including phenoxy) is 1. The molecule has 1 heterocycles. The number of piperidine rings is 1. The highest BCUT2D eigenvalue weighted by Gasteiger charge is 2.38. The van der Waals surface area contributed by atoms with Crippen molar-refractivity contribution < 1.29 is 9.84 Å². The Labute approximate surface area is 135 Å². The Morgan fingerprint density at radius 1 is 1.36 bits per heavy atom. The number of benzene rings is 1. The van der Waals surface area contributed by atoms with Gasteiger partial charge in [-0.25, -0.2) is 0 Å². The molecule has 2 rings (SSSR count). The Hall–Kier alpha value is -0.900. The molecule has 1 fully saturated rings. The summed E-state index contributed by atoms with van der Waals surface area (Å²) in [5.74, 6) is 0.302. The van der Waals surface area contributed by atoms with Crippen LogP contribution in [0.15, 0.2) is 24.3 Å². The lowest BCUT2D eigenvalue weighted by Gasteiger charge is -2.39. The smallest absolute Gasteiger partial charge is 0.0936 e. The van der Waals surface area contributed by atoms with Gasteiger partial charge >= 0.3 is 0 Å². The van der Waals surface area contributed by atoms with E-state index in [2.05, 4.69) is 36.5 Å². The second-order valence-corrected chi connectivity index (χ2v) is 6.47. The standard InChI is InChI=1S/C19H31NO2/c1-3-16-8-6-9-17(14-16)19(21,11-4-5-13-22-2)18-10-7-12-20-15-18/h6,8-9,14,18,20-21H,3-5,7,10-13,15H2,1-2H3/t18-,19-/m1/s1. The minimum Gasteiger partial charge on any atom is -0.385 e. The Bertz CT molecular complexity index is 443. The highest BCUT2D eigenvalue weighted by atomic mass is 16.5. The van der Waals surface area contributed by atoms with Crippen molar-refractivity contribution >= 4 is 0 Å². The maximum atomic E-state index is 11.5. The SMILES string of the molecule is CCc1cccc([C@](O)(CCCCOC)[C@@H]2CCCNC2)c1. The highest BCUT2D eigenvalue weighted by molar-refractivity contribution is 5.29. The molecule has 1 aromatic rings. The first-order valence-corrected chi connectivity index (χ1v) is 8.72. The van der Waals surface area contributed by atoms with E-state index in [1.807, 2.05) is 0 Å². The molecule has 0 unspecified atom stereocenters. The van der Waals surface area contributed by atoms with E-state index in [0.29, 0.717) is 5.92 Å². The van der Waals surface area contributed by atoms with Gasteiger partial charge in [0.1, 0.15) is 0 Å². The molecule has 0 aromatic heterocycles. The Morgan fingerprint density at radius 3 is 2.91 bits per heavy atom.